The average molecular weight is 621 g/mol. The molecule has 0 spiro atoms. The molecule has 0 saturated carbocycles. The zero-order valence-corrected chi connectivity index (χ0v) is 25.0. The van der Waals surface area contributed by atoms with Crippen molar-refractivity contribution in [3.05, 3.63) is 124 Å². The third-order valence-corrected chi connectivity index (χ3v) is 7.58. The molecule has 0 aromatic heterocycles. The molecule has 0 heterocycles. The fourth-order valence-corrected chi connectivity index (χ4v) is 5.06. The molecular formula is C32H27Cl2N3O4S. The summed E-state index contributed by atoms with van der Waals surface area (Å²) in [5.41, 5.74) is 2.14. The Morgan fingerprint density at radius 1 is 0.857 bits per heavy atom. The fraction of sp³-hybridized carbons (Fsp3) is 0.0938. The van der Waals surface area contributed by atoms with E-state index in [0.29, 0.717) is 38.3 Å². The quantitative estimate of drug-likeness (QED) is 0.126. The van der Waals surface area contributed by atoms with E-state index in [1.807, 2.05) is 0 Å². The number of benzene rings is 4. The number of thioether (sulfide) groups is 1. The first-order chi connectivity index (χ1) is 20.2. The Labute approximate surface area is 258 Å². The molecule has 10 heteroatoms. The van der Waals surface area contributed by atoms with Crippen LogP contribution in [0.4, 0.5) is 11.4 Å². The molecule has 3 amide bonds. The molecule has 0 aliphatic heterocycles. The number of hydrogen-bond acceptors (Lipinski definition) is 5. The Balaban J connectivity index is 1.44. The van der Waals surface area contributed by atoms with E-state index in [-0.39, 0.29) is 11.6 Å². The maximum atomic E-state index is 13.3. The molecule has 1 unspecified atom stereocenters. The van der Waals surface area contributed by atoms with Crippen molar-refractivity contribution < 1.29 is 19.1 Å². The van der Waals surface area contributed by atoms with Crippen LogP contribution in [-0.4, -0.2) is 30.1 Å². The van der Waals surface area contributed by atoms with E-state index in [2.05, 4.69) is 16.0 Å². The standard InChI is InChI=1S/C32H27Cl2N3O4S/c1-20(30(38)36-28-16-11-23(33)19-27(28)34)42-26-14-12-24(13-15-26)35-32(40)29(18-21-7-6-10-25(17-21)41-2)37-31(39)22-8-4-3-5-9-22/h3-20H,1-2H3,(H,35,40)(H,36,38)(H,37,39)/b29-18-. The maximum absolute atomic E-state index is 13.3. The van der Waals surface area contributed by atoms with E-state index in [1.54, 1.807) is 117 Å². The summed E-state index contributed by atoms with van der Waals surface area (Å²) >= 11 is 13.4. The van der Waals surface area contributed by atoms with E-state index >= 15 is 0 Å². The van der Waals surface area contributed by atoms with E-state index < -0.39 is 17.1 Å². The smallest absolute Gasteiger partial charge is 0.272 e. The molecule has 0 bridgehead atoms. The molecule has 4 rings (SSSR count). The number of hydrogen-bond donors (Lipinski definition) is 3. The molecule has 4 aromatic rings. The van der Waals surface area contributed by atoms with Crippen LogP contribution in [0.1, 0.15) is 22.8 Å². The van der Waals surface area contributed by atoms with E-state index in [9.17, 15) is 14.4 Å². The zero-order valence-electron chi connectivity index (χ0n) is 22.7. The molecule has 0 fully saturated rings. The van der Waals surface area contributed by atoms with E-state index in [1.165, 1.54) is 11.8 Å². The molecule has 3 N–H and O–H groups in total. The number of methoxy groups -OCH3 is 1. The lowest BCUT2D eigenvalue weighted by Gasteiger charge is -2.14. The molecule has 214 valence electrons. The van der Waals surface area contributed by atoms with Crippen molar-refractivity contribution >= 4 is 70.1 Å². The summed E-state index contributed by atoms with van der Waals surface area (Å²) in [5, 5.41) is 8.76. The minimum Gasteiger partial charge on any atom is -0.497 e. The highest BCUT2D eigenvalue weighted by Gasteiger charge is 2.18. The Hall–Kier alpha value is -4.24. The number of nitrogens with one attached hydrogen (secondary N) is 3. The van der Waals surface area contributed by atoms with Crippen LogP contribution in [0.15, 0.2) is 108 Å². The molecule has 0 aliphatic rings. The van der Waals surface area contributed by atoms with Gasteiger partial charge in [-0.3, -0.25) is 14.4 Å². The lowest BCUT2D eigenvalue weighted by atomic mass is 10.1. The lowest BCUT2D eigenvalue weighted by molar-refractivity contribution is -0.115. The molecular weight excluding hydrogens is 593 g/mol. The highest BCUT2D eigenvalue weighted by molar-refractivity contribution is 8.00. The number of carbonyl (C=O) groups excluding carboxylic acids is 3. The van der Waals surface area contributed by atoms with Gasteiger partial charge >= 0.3 is 0 Å². The minimum absolute atomic E-state index is 0.0571. The van der Waals surface area contributed by atoms with Crippen LogP contribution >= 0.6 is 35.0 Å². The topological polar surface area (TPSA) is 96.5 Å². The predicted octanol–water partition coefficient (Wildman–Crippen LogP) is 7.53. The highest BCUT2D eigenvalue weighted by atomic mass is 35.5. The first-order valence-corrected chi connectivity index (χ1v) is 14.4. The third-order valence-electron chi connectivity index (χ3n) is 5.92. The van der Waals surface area contributed by atoms with Crippen LogP contribution in [0.2, 0.25) is 10.0 Å². The third kappa shape index (κ3) is 8.63. The van der Waals surface area contributed by atoms with Gasteiger partial charge in [0.2, 0.25) is 5.91 Å². The summed E-state index contributed by atoms with van der Waals surface area (Å²) in [6.07, 6.45) is 1.58. The molecule has 4 aromatic carbocycles. The molecule has 7 nitrogen and oxygen atoms in total. The maximum Gasteiger partial charge on any atom is 0.272 e. The Kier molecular flexibility index (Phi) is 10.7. The van der Waals surface area contributed by atoms with Crippen molar-refractivity contribution in [3.63, 3.8) is 0 Å². The van der Waals surface area contributed by atoms with Gasteiger partial charge in [-0.15, -0.1) is 11.8 Å². The normalized spacial score (nSPS) is 11.8. The Bertz CT molecular complexity index is 1610. The monoisotopic (exact) mass is 619 g/mol. The van der Waals surface area contributed by atoms with Crippen LogP contribution in [0.5, 0.6) is 5.75 Å². The summed E-state index contributed by atoms with van der Waals surface area (Å²) < 4.78 is 5.28. The number of ether oxygens (including phenoxy) is 1. The second-order valence-electron chi connectivity index (χ2n) is 9.01. The van der Waals surface area contributed by atoms with Crippen LogP contribution in [0.25, 0.3) is 6.08 Å². The van der Waals surface area contributed by atoms with Gasteiger partial charge in [-0.25, -0.2) is 0 Å². The van der Waals surface area contributed by atoms with Crippen molar-refractivity contribution in [2.24, 2.45) is 0 Å². The first kappa shape index (κ1) is 30.7. The van der Waals surface area contributed by atoms with Gasteiger partial charge in [0.05, 0.1) is 23.1 Å². The predicted molar refractivity (Wildman–Crippen MR) is 170 cm³/mol. The zero-order chi connectivity index (χ0) is 30.1. The van der Waals surface area contributed by atoms with E-state index in [0.717, 1.165) is 4.90 Å². The molecule has 0 saturated heterocycles. The molecule has 0 aliphatic carbocycles. The van der Waals surface area contributed by atoms with Crippen molar-refractivity contribution in [1.29, 1.82) is 0 Å². The Morgan fingerprint density at radius 3 is 2.29 bits per heavy atom. The second-order valence-corrected chi connectivity index (χ2v) is 11.3. The van der Waals surface area contributed by atoms with E-state index in [4.69, 9.17) is 27.9 Å². The highest BCUT2D eigenvalue weighted by Crippen LogP contribution is 2.29. The average Bonchev–Trinajstić information content (AvgIpc) is 2.99. The van der Waals surface area contributed by atoms with Crippen molar-refractivity contribution in [2.75, 3.05) is 17.7 Å². The Morgan fingerprint density at radius 2 is 1.60 bits per heavy atom. The first-order valence-electron chi connectivity index (χ1n) is 12.8. The van der Waals surface area contributed by atoms with Crippen LogP contribution in [-0.2, 0) is 9.59 Å². The van der Waals surface area contributed by atoms with Gasteiger partial charge in [0.25, 0.3) is 11.8 Å². The van der Waals surface area contributed by atoms with Gasteiger partial charge in [-0.2, -0.15) is 0 Å². The van der Waals surface area contributed by atoms with Crippen molar-refractivity contribution in [1.82, 2.24) is 5.32 Å². The number of halogens is 2. The lowest BCUT2D eigenvalue weighted by Crippen LogP contribution is -2.30. The summed E-state index contributed by atoms with van der Waals surface area (Å²) in [4.78, 5) is 39.7. The summed E-state index contributed by atoms with van der Waals surface area (Å²) in [6.45, 7) is 1.78. The minimum atomic E-state index is -0.505. The largest absolute Gasteiger partial charge is 0.497 e. The molecule has 1 atom stereocenters. The number of anilines is 2. The van der Waals surface area contributed by atoms with Crippen molar-refractivity contribution in [3.8, 4) is 5.75 Å². The molecule has 42 heavy (non-hydrogen) atoms. The second kappa shape index (κ2) is 14.6. The molecule has 0 radical (unpaired) electrons. The van der Waals surface area contributed by atoms with Crippen molar-refractivity contribution in [2.45, 2.75) is 17.1 Å². The van der Waals surface area contributed by atoms with Gasteiger partial charge in [0.1, 0.15) is 11.4 Å². The number of rotatable bonds is 10. The summed E-state index contributed by atoms with van der Waals surface area (Å²) in [7, 11) is 1.55. The summed E-state index contributed by atoms with van der Waals surface area (Å²) in [6, 6.07) is 27.7. The number of amides is 3. The van der Waals surface area contributed by atoms with Gasteiger partial charge in [0, 0.05) is 21.2 Å². The van der Waals surface area contributed by atoms with Crippen LogP contribution < -0.4 is 20.7 Å². The fourth-order valence-electron chi connectivity index (χ4n) is 3.74. The van der Waals surface area contributed by atoms with Crippen LogP contribution in [0.3, 0.4) is 0 Å². The van der Waals surface area contributed by atoms with Gasteiger partial charge < -0.3 is 20.7 Å². The van der Waals surface area contributed by atoms with Gasteiger partial charge in [0.15, 0.2) is 0 Å². The summed E-state index contributed by atoms with van der Waals surface area (Å²) in [5.74, 6) is -0.526. The van der Waals surface area contributed by atoms with Gasteiger partial charge in [-0.05, 0) is 85.3 Å². The SMILES string of the molecule is COc1cccc(/C=C(\NC(=O)c2ccccc2)C(=O)Nc2ccc(SC(C)C(=O)Nc3ccc(Cl)cc3Cl)cc2)c1. The van der Waals surface area contributed by atoms with Crippen LogP contribution in [0, 0.1) is 0 Å². The van der Waals surface area contributed by atoms with Gasteiger partial charge in [-0.1, -0.05) is 53.5 Å². The number of carbonyl (C=O) groups is 3.